The van der Waals surface area contributed by atoms with Crippen molar-refractivity contribution >= 4 is 0 Å². The second-order valence-corrected chi connectivity index (χ2v) is 4.93. The molecule has 0 spiro atoms. The lowest BCUT2D eigenvalue weighted by atomic mass is 9.87. The lowest BCUT2D eigenvalue weighted by molar-refractivity contribution is 0.174. The van der Waals surface area contributed by atoms with E-state index in [-0.39, 0.29) is 0 Å². The van der Waals surface area contributed by atoms with Crippen LogP contribution in [0.3, 0.4) is 0 Å². The van der Waals surface area contributed by atoms with Gasteiger partial charge >= 0.3 is 0 Å². The summed E-state index contributed by atoms with van der Waals surface area (Å²) < 4.78 is 10.7. The summed E-state index contributed by atoms with van der Waals surface area (Å²) in [5.41, 5.74) is 7.01. The van der Waals surface area contributed by atoms with Crippen molar-refractivity contribution in [3.63, 3.8) is 0 Å². The summed E-state index contributed by atoms with van der Waals surface area (Å²) in [6.45, 7) is 2.50. The fourth-order valence-electron chi connectivity index (χ4n) is 2.43. The standard InChI is InChI=1S/C13H18N2O2/c1-8(15-11-5-10(14)6-11)9-2-3-12-13(4-9)17-7-16-12/h2-4,8,10-11,15H,5-7,14H2,1H3. The molecule has 4 heteroatoms. The van der Waals surface area contributed by atoms with Gasteiger partial charge in [-0.2, -0.15) is 0 Å². The van der Waals surface area contributed by atoms with Gasteiger partial charge in [-0.15, -0.1) is 0 Å². The molecule has 1 heterocycles. The molecule has 1 aromatic rings. The molecule has 1 aliphatic heterocycles. The number of ether oxygens (including phenoxy) is 2. The van der Waals surface area contributed by atoms with E-state index >= 15 is 0 Å². The summed E-state index contributed by atoms with van der Waals surface area (Å²) in [6, 6.07) is 7.38. The highest BCUT2D eigenvalue weighted by Gasteiger charge is 2.27. The van der Waals surface area contributed by atoms with E-state index in [4.69, 9.17) is 15.2 Å². The Morgan fingerprint density at radius 1 is 1.29 bits per heavy atom. The van der Waals surface area contributed by atoms with Crippen molar-refractivity contribution in [2.45, 2.75) is 37.9 Å². The van der Waals surface area contributed by atoms with Crippen LogP contribution < -0.4 is 20.5 Å². The minimum Gasteiger partial charge on any atom is -0.454 e. The third kappa shape index (κ3) is 2.10. The first-order valence-corrected chi connectivity index (χ1v) is 6.13. The van der Waals surface area contributed by atoms with E-state index in [0.717, 1.165) is 24.3 Å². The van der Waals surface area contributed by atoms with Crippen molar-refractivity contribution in [3.8, 4) is 11.5 Å². The molecule has 1 fully saturated rings. The summed E-state index contributed by atoms with van der Waals surface area (Å²) in [7, 11) is 0. The first kappa shape index (κ1) is 10.9. The molecule has 1 saturated carbocycles. The predicted octanol–water partition coefficient (Wildman–Crippen LogP) is 1.56. The first-order chi connectivity index (χ1) is 8.22. The van der Waals surface area contributed by atoms with Crippen LogP contribution in [-0.2, 0) is 0 Å². The fraction of sp³-hybridized carbons (Fsp3) is 0.538. The number of nitrogens with one attached hydrogen (secondary N) is 1. The summed E-state index contributed by atoms with van der Waals surface area (Å²) in [4.78, 5) is 0. The Bertz CT molecular complexity index is 416. The molecular formula is C13H18N2O2. The highest BCUT2D eigenvalue weighted by atomic mass is 16.7. The number of benzene rings is 1. The van der Waals surface area contributed by atoms with Crippen LogP contribution in [0, 0.1) is 0 Å². The van der Waals surface area contributed by atoms with Gasteiger partial charge in [0.2, 0.25) is 6.79 Å². The average molecular weight is 234 g/mol. The molecule has 92 valence electrons. The highest BCUT2D eigenvalue weighted by Crippen LogP contribution is 2.34. The van der Waals surface area contributed by atoms with Crippen LogP contribution in [0.25, 0.3) is 0 Å². The first-order valence-electron chi connectivity index (χ1n) is 6.13. The number of fused-ring (bicyclic) bond motifs is 1. The minimum absolute atomic E-state index is 0.321. The monoisotopic (exact) mass is 234 g/mol. The number of hydrogen-bond acceptors (Lipinski definition) is 4. The van der Waals surface area contributed by atoms with Crippen molar-refractivity contribution in [2.75, 3.05) is 6.79 Å². The maximum atomic E-state index is 5.78. The maximum Gasteiger partial charge on any atom is 0.231 e. The molecule has 1 aromatic carbocycles. The molecule has 1 aliphatic carbocycles. The zero-order valence-corrected chi connectivity index (χ0v) is 9.98. The van der Waals surface area contributed by atoms with Gasteiger partial charge in [-0.05, 0) is 37.5 Å². The lowest BCUT2D eigenvalue weighted by Crippen LogP contribution is -2.49. The molecule has 3 N–H and O–H groups in total. The van der Waals surface area contributed by atoms with E-state index in [9.17, 15) is 0 Å². The Morgan fingerprint density at radius 2 is 2.06 bits per heavy atom. The normalized spacial score (nSPS) is 27.6. The number of hydrogen-bond donors (Lipinski definition) is 2. The van der Waals surface area contributed by atoms with Crippen molar-refractivity contribution in [3.05, 3.63) is 23.8 Å². The average Bonchev–Trinajstić information content (AvgIpc) is 2.73. The molecule has 0 bridgehead atoms. The Labute approximate surface area is 101 Å². The van der Waals surface area contributed by atoms with E-state index in [1.165, 1.54) is 5.56 Å². The molecule has 1 unspecified atom stereocenters. The quantitative estimate of drug-likeness (QED) is 0.833. The largest absolute Gasteiger partial charge is 0.454 e. The smallest absolute Gasteiger partial charge is 0.231 e. The number of rotatable bonds is 3. The maximum absolute atomic E-state index is 5.78. The molecule has 0 amide bonds. The van der Waals surface area contributed by atoms with Crippen LogP contribution in [0.4, 0.5) is 0 Å². The van der Waals surface area contributed by atoms with Crippen molar-refractivity contribution < 1.29 is 9.47 Å². The van der Waals surface area contributed by atoms with Crippen LogP contribution in [-0.4, -0.2) is 18.9 Å². The van der Waals surface area contributed by atoms with Crippen LogP contribution in [0.5, 0.6) is 11.5 Å². The Kier molecular flexibility index (Phi) is 2.68. The van der Waals surface area contributed by atoms with E-state index in [1.807, 2.05) is 6.07 Å². The molecule has 0 radical (unpaired) electrons. The van der Waals surface area contributed by atoms with Crippen LogP contribution in [0.1, 0.15) is 31.4 Å². The van der Waals surface area contributed by atoms with Gasteiger partial charge in [0.25, 0.3) is 0 Å². The van der Waals surface area contributed by atoms with Gasteiger partial charge in [-0.1, -0.05) is 6.07 Å². The molecule has 0 aromatic heterocycles. The fourth-order valence-corrected chi connectivity index (χ4v) is 2.43. The molecule has 3 rings (SSSR count). The third-order valence-corrected chi connectivity index (χ3v) is 3.56. The molecule has 17 heavy (non-hydrogen) atoms. The van der Waals surface area contributed by atoms with Gasteiger partial charge in [0.05, 0.1) is 0 Å². The lowest BCUT2D eigenvalue weighted by Gasteiger charge is -2.35. The SMILES string of the molecule is CC(NC1CC(N)C1)c1ccc2c(c1)OCO2. The Morgan fingerprint density at radius 3 is 2.82 bits per heavy atom. The van der Waals surface area contributed by atoms with Gasteiger partial charge in [0.1, 0.15) is 0 Å². The van der Waals surface area contributed by atoms with Gasteiger partial charge < -0.3 is 20.5 Å². The second-order valence-electron chi connectivity index (χ2n) is 4.93. The van der Waals surface area contributed by atoms with Gasteiger partial charge in [-0.25, -0.2) is 0 Å². The summed E-state index contributed by atoms with van der Waals surface area (Å²) in [6.07, 6.45) is 2.16. The van der Waals surface area contributed by atoms with Crippen molar-refractivity contribution in [2.24, 2.45) is 5.73 Å². The van der Waals surface area contributed by atoms with E-state index in [2.05, 4.69) is 24.4 Å². The van der Waals surface area contributed by atoms with E-state index in [1.54, 1.807) is 0 Å². The van der Waals surface area contributed by atoms with Crippen molar-refractivity contribution in [1.82, 2.24) is 5.32 Å². The zero-order chi connectivity index (χ0) is 11.8. The minimum atomic E-state index is 0.321. The van der Waals surface area contributed by atoms with E-state index < -0.39 is 0 Å². The Balaban J connectivity index is 1.67. The molecule has 0 saturated heterocycles. The zero-order valence-electron chi connectivity index (χ0n) is 9.98. The molecule has 4 nitrogen and oxygen atoms in total. The molecule has 1 atom stereocenters. The Hall–Kier alpha value is -1.26. The predicted molar refractivity (Wildman–Crippen MR) is 65.1 cm³/mol. The van der Waals surface area contributed by atoms with Crippen LogP contribution in [0.15, 0.2) is 18.2 Å². The van der Waals surface area contributed by atoms with Gasteiger partial charge in [-0.3, -0.25) is 0 Å². The van der Waals surface area contributed by atoms with Gasteiger partial charge in [0.15, 0.2) is 11.5 Å². The second kappa shape index (κ2) is 4.20. The summed E-state index contributed by atoms with van der Waals surface area (Å²) in [5.74, 6) is 1.69. The topological polar surface area (TPSA) is 56.5 Å². The summed E-state index contributed by atoms with van der Waals surface area (Å²) in [5, 5.41) is 3.58. The van der Waals surface area contributed by atoms with E-state index in [0.29, 0.717) is 24.9 Å². The molecule has 2 aliphatic rings. The highest BCUT2D eigenvalue weighted by molar-refractivity contribution is 5.45. The van der Waals surface area contributed by atoms with Crippen molar-refractivity contribution in [1.29, 1.82) is 0 Å². The third-order valence-electron chi connectivity index (χ3n) is 3.56. The summed E-state index contributed by atoms with van der Waals surface area (Å²) >= 11 is 0. The molecular weight excluding hydrogens is 216 g/mol. The van der Waals surface area contributed by atoms with Gasteiger partial charge in [0, 0.05) is 18.1 Å². The van der Waals surface area contributed by atoms with Crippen LogP contribution in [0.2, 0.25) is 0 Å². The van der Waals surface area contributed by atoms with Crippen LogP contribution >= 0.6 is 0 Å². The number of nitrogens with two attached hydrogens (primary N) is 1.